The summed E-state index contributed by atoms with van der Waals surface area (Å²) < 4.78 is 0. The summed E-state index contributed by atoms with van der Waals surface area (Å²) >= 11 is 0. The Labute approximate surface area is 124 Å². The fourth-order valence-corrected chi connectivity index (χ4v) is 2.22. The summed E-state index contributed by atoms with van der Waals surface area (Å²) in [6.07, 6.45) is 0. The van der Waals surface area contributed by atoms with Crippen LogP contribution in [0.1, 0.15) is 34.2 Å². The minimum absolute atomic E-state index is 0.137. The molecule has 1 aromatic carbocycles. The lowest BCUT2D eigenvalue weighted by Gasteiger charge is -2.23. The molecule has 0 radical (unpaired) electrons. The maximum atomic E-state index is 12.8. The number of rotatable bonds is 3. The van der Waals surface area contributed by atoms with Crippen LogP contribution in [0.3, 0.4) is 0 Å². The van der Waals surface area contributed by atoms with E-state index in [1.165, 1.54) is 0 Å². The zero-order chi connectivity index (χ0) is 15.6. The summed E-state index contributed by atoms with van der Waals surface area (Å²) in [7, 11) is 0. The molecule has 0 bridgehead atoms. The molecule has 2 aromatic rings. The summed E-state index contributed by atoms with van der Waals surface area (Å²) in [6.45, 7) is 7.89. The molecule has 0 aliphatic heterocycles. The van der Waals surface area contributed by atoms with Crippen LogP contribution in [0.15, 0.2) is 24.3 Å². The molecule has 21 heavy (non-hydrogen) atoms. The van der Waals surface area contributed by atoms with Crippen molar-refractivity contribution in [1.82, 2.24) is 10.2 Å². The van der Waals surface area contributed by atoms with Crippen LogP contribution in [0.4, 0.5) is 5.69 Å². The fraction of sp³-hybridized carbons (Fsp3) is 0.312. The Morgan fingerprint density at radius 1 is 1.19 bits per heavy atom. The van der Waals surface area contributed by atoms with Gasteiger partial charge in [0.05, 0.1) is 22.6 Å². The van der Waals surface area contributed by atoms with E-state index in [0.717, 1.165) is 5.56 Å². The van der Waals surface area contributed by atoms with Crippen molar-refractivity contribution >= 4 is 11.6 Å². The zero-order valence-corrected chi connectivity index (χ0v) is 12.7. The minimum atomic E-state index is -0.137. The van der Waals surface area contributed by atoms with E-state index >= 15 is 0 Å². The predicted molar refractivity (Wildman–Crippen MR) is 81.7 cm³/mol. The van der Waals surface area contributed by atoms with E-state index in [1.54, 1.807) is 43.0 Å². The van der Waals surface area contributed by atoms with Crippen LogP contribution in [-0.4, -0.2) is 27.8 Å². The standard InChI is InChI=1S/C16H19N3O2/c1-5-19(15-9-13(20)7-6-10(15)2)16(21)14-8-11(3)17-18-12(14)4/h6-9,20H,5H2,1-4H3. The maximum absolute atomic E-state index is 12.8. The monoisotopic (exact) mass is 285 g/mol. The van der Waals surface area contributed by atoms with Crippen molar-refractivity contribution in [2.45, 2.75) is 27.7 Å². The number of amides is 1. The van der Waals surface area contributed by atoms with Crippen molar-refractivity contribution in [3.8, 4) is 5.75 Å². The van der Waals surface area contributed by atoms with Gasteiger partial charge in [-0.1, -0.05) is 6.07 Å². The molecule has 1 N–H and O–H groups in total. The van der Waals surface area contributed by atoms with Crippen molar-refractivity contribution in [1.29, 1.82) is 0 Å². The highest BCUT2D eigenvalue weighted by molar-refractivity contribution is 6.07. The number of aromatic nitrogens is 2. The van der Waals surface area contributed by atoms with E-state index in [4.69, 9.17) is 0 Å². The van der Waals surface area contributed by atoms with Gasteiger partial charge in [0.15, 0.2) is 0 Å². The van der Waals surface area contributed by atoms with Crippen molar-refractivity contribution < 1.29 is 9.90 Å². The lowest BCUT2D eigenvalue weighted by Crippen LogP contribution is -2.32. The van der Waals surface area contributed by atoms with Crippen LogP contribution in [-0.2, 0) is 0 Å². The van der Waals surface area contributed by atoms with Crippen LogP contribution >= 0.6 is 0 Å². The Hall–Kier alpha value is -2.43. The summed E-state index contributed by atoms with van der Waals surface area (Å²) in [6, 6.07) is 6.75. The second kappa shape index (κ2) is 5.91. The molecule has 0 spiro atoms. The summed E-state index contributed by atoms with van der Waals surface area (Å²) in [4.78, 5) is 14.4. The van der Waals surface area contributed by atoms with E-state index in [2.05, 4.69) is 10.2 Å². The molecule has 0 fully saturated rings. The van der Waals surface area contributed by atoms with Crippen molar-refractivity contribution in [2.24, 2.45) is 0 Å². The first-order valence-corrected chi connectivity index (χ1v) is 6.86. The van der Waals surface area contributed by atoms with Gasteiger partial charge in [0.1, 0.15) is 5.75 Å². The average molecular weight is 285 g/mol. The number of hydrogen-bond donors (Lipinski definition) is 1. The molecule has 0 saturated heterocycles. The highest BCUT2D eigenvalue weighted by Gasteiger charge is 2.20. The van der Waals surface area contributed by atoms with Crippen LogP contribution in [0.25, 0.3) is 0 Å². The molecule has 0 aliphatic carbocycles. The first-order chi connectivity index (χ1) is 9.93. The molecule has 5 heteroatoms. The Morgan fingerprint density at radius 2 is 1.90 bits per heavy atom. The molecule has 5 nitrogen and oxygen atoms in total. The maximum Gasteiger partial charge on any atom is 0.260 e. The molecule has 0 atom stereocenters. The molecule has 0 unspecified atom stereocenters. The Balaban J connectivity index is 2.48. The largest absolute Gasteiger partial charge is 0.508 e. The topological polar surface area (TPSA) is 66.3 Å². The number of nitrogens with zero attached hydrogens (tertiary/aromatic N) is 3. The van der Waals surface area contributed by atoms with Gasteiger partial charge in [-0.15, -0.1) is 0 Å². The van der Waals surface area contributed by atoms with E-state index in [9.17, 15) is 9.90 Å². The zero-order valence-electron chi connectivity index (χ0n) is 12.7. The predicted octanol–water partition coefficient (Wildman–Crippen LogP) is 2.77. The summed E-state index contributed by atoms with van der Waals surface area (Å²) in [5.74, 6) is 0.00399. The third-order valence-electron chi connectivity index (χ3n) is 3.38. The average Bonchev–Trinajstić information content (AvgIpc) is 2.46. The smallest absolute Gasteiger partial charge is 0.260 e. The molecule has 1 aromatic heterocycles. The van der Waals surface area contributed by atoms with E-state index in [1.807, 2.05) is 13.8 Å². The fourth-order valence-electron chi connectivity index (χ4n) is 2.22. The normalized spacial score (nSPS) is 10.5. The van der Waals surface area contributed by atoms with Crippen LogP contribution in [0.2, 0.25) is 0 Å². The first-order valence-electron chi connectivity index (χ1n) is 6.86. The quantitative estimate of drug-likeness (QED) is 0.941. The third kappa shape index (κ3) is 3.02. The van der Waals surface area contributed by atoms with Gasteiger partial charge in [-0.2, -0.15) is 10.2 Å². The van der Waals surface area contributed by atoms with Crippen LogP contribution in [0.5, 0.6) is 5.75 Å². The number of phenols is 1. The van der Waals surface area contributed by atoms with Crippen molar-refractivity contribution in [3.05, 3.63) is 46.8 Å². The second-order valence-electron chi connectivity index (χ2n) is 5.01. The molecule has 0 aliphatic rings. The SMILES string of the molecule is CCN(C(=O)c1cc(C)nnc1C)c1cc(O)ccc1C. The van der Waals surface area contributed by atoms with E-state index in [0.29, 0.717) is 29.2 Å². The van der Waals surface area contributed by atoms with Crippen LogP contribution < -0.4 is 4.90 Å². The number of phenolic OH excluding ortho intramolecular Hbond substituents is 1. The van der Waals surface area contributed by atoms with Gasteiger partial charge < -0.3 is 10.0 Å². The third-order valence-corrected chi connectivity index (χ3v) is 3.38. The van der Waals surface area contributed by atoms with E-state index in [-0.39, 0.29) is 11.7 Å². The number of aromatic hydroxyl groups is 1. The van der Waals surface area contributed by atoms with Gasteiger partial charge >= 0.3 is 0 Å². The highest BCUT2D eigenvalue weighted by atomic mass is 16.3. The van der Waals surface area contributed by atoms with E-state index < -0.39 is 0 Å². The molecule has 0 saturated carbocycles. The lowest BCUT2D eigenvalue weighted by molar-refractivity contribution is 0.0987. The number of carbonyl (C=O) groups is 1. The lowest BCUT2D eigenvalue weighted by atomic mass is 10.1. The Morgan fingerprint density at radius 3 is 2.57 bits per heavy atom. The minimum Gasteiger partial charge on any atom is -0.508 e. The van der Waals surface area contributed by atoms with Gasteiger partial charge in [0.2, 0.25) is 0 Å². The van der Waals surface area contributed by atoms with Gasteiger partial charge in [0, 0.05) is 12.6 Å². The molecule has 110 valence electrons. The first kappa shape index (κ1) is 15.0. The molecule has 1 heterocycles. The summed E-state index contributed by atoms with van der Waals surface area (Å²) in [5, 5.41) is 17.6. The van der Waals surface area contributed by atoms with Gasteiger partial charge in [-0.3, -0.25) is 4.79 Å². The molecule has 2 rings (SSSR count). The molecule has 1 amide bonds. The van der Waals surface area contributed by atoms with Gasteiger partial charge in [-0.05, 0) is 45.4 Å². The Bertz CT molecular complexity index is 683. The summed E-state index contributed by atoms with van der Waals surface area (Å²) in [5.41, 5.74) is 3.47. The highest BCUT2D eigenvalue weighted by Crippen LogP contribution is 2.26. The van der Waals surface area contributed by atoms with Crippen molar-refractivity contribution in [2.75, 3.05) is 11.4 Å². The van der Waals surface area contributed by atoms with Gasteiger partial charge in [0.25, 0.3) is 5.91 Å². The second-order valence-corrected chi connectivity index (χ2v) is 5.01. The number of anilines is 1. The molecular weight excluding hydrogens is 266 g/mol. The number of aryl methyl sites for hydroxylation is 3. The molecular formula is C16H19N3O2. The number of hydrogen-bond acceptors (Lipinski definition) is 4. The number of carbonyl (C=O) groups excluding carboxylic acids is 1. The number of benzene rings is 1. The Kier molecular flexibility index (Phi) is 4.21. The van der Waals surface area contributed by atoms with Crippen LogP contribution in [0, 0.1) is 20.8 Å². The van der Waals surface area contributed by atoms with Crippen molar-refractivity contribution in [3.63, 3.8) is 0 Å². The van der Waals surface area contributed by atoms with Gasteiger partial charge in [-0.25, -0.2) is 0 Å².